The van der Waals surface area contributed by atoms with E-state index in [0.717, 1.165) is 15.6 Å². The topological polar surface area (TPSA) is 113 Å². The molecule has 0 saturated carbocycles. The largest absolute Gasteiger partial charge is 0.312 e. The molecule has 9 nitrogen and oxygen atoms in total. The van der Waals surface area contributed by atoms with Crippen molar-refractivity contribution in [2.24, 2.45) is 0 Å². The van der Waals surface area contributed by atoms with Crippen LogP contribution in [-0.4, -0.2) is 44.0 Å². The molecule has 2 heterocycles. The molecule has 126 valence electrons. The van der Waals surface area contributed by atoms with E-state index in [1.807, 2.05) is 0 Å². The Morgan fingerprint density at radius 2 is 1.92 bits per heavy atom. The van der Waals surface area contributed by atoms with E-state index in [1.54, 1.807) is 31.3 Å². The van der Waals surface area contributed by atoms with Gasteiger partial charge in [-0.1, -0.05) is 23.5 Å². The number of para-hydroxylation sites is 2. The highest BCUT2D eigenvalue weighted by molar-refractivity contribution is 7.94. The normalized spacial score (nSPS) is 14.5. The Kier molecular flexibility index (Phi) is 3.97. The molecule has 3 rings (SSSR count). The fourth-order valence-corrected chi connectivity index (χ4v) is 4.71. The Labute approximate surface area is 142 Å². The number of carbonyl (C=O) groups is 2. The van der Waals surface area contributed by atoms with Gasteiger partial charge in [0.05, 0.1) is 11.4 Å². The second kappa shape index (κ2) is 5.83. The second-order valence-corrected chi connectivity index (χ2v) is 8.02. The molecule has 24 heavy (non-hydrogen) atoms. The summed E-state index contributed by atoms with van der Waals surface area (Å²) in [5, 5.41) is 9.74. The smallest absolute Gasteiger partial charge is 0.294 e. The minimum absolute atomic E-state index is 0.0785. The third-order valence-corrected chi connectivity index (χ3v) is 6.31. The highest BCUT2D eigenvalue weighted by Crippen LogP contribution is 2.36. The molecule has 1 aliphatic rings. The molecular formula is C13H13N5O4S2. The zero-order chi connectivity index (χ0) is 17.5. The predicted octanol–water partition coefficient (Wildman–Crippen LogP) is 0.668. The van der Waals surface area contributed by atoms with Crippen molar-refractivity contribution in [1.29, 1.82) is 0 Å². The molecule has 2 amide bonds. The molecule has 0 aliphatic carbocycles. The van der Waals surface area contributed by atoms with Gasteiger partial charge in [0.1, 0.15) is 6.54 Å². The standard InChI is InChI=1S/C13H13N5O4S2/c1-8(19)14-12-15-16-13(23-12)24(21,22)18-7-11(20)17(2)9-5-3-4-6-10(9)18/h3-6H,7H2,1-2H3,(H,14,15,19). The van der Waals surface area contributed by atoms with Gasteiger partial charge in [0.25, 0.3) is 14.4 Å². The van der Waals surface area contributed by atoms with E-state index in [0.29, 0.717) is 11.4 Å². The third-order valence-electron chi connectivity index (χ3n) is 3.36. The van der Waals surface area contributed by atoms with Gasteiger partial charge < -0.3 is 10.2 Å². The van der Waals surface area contributed by atoms with Crippen LogP contribution in [0.25, 0.3) is 0 Å². The van der Waals surface area contributed by atoms with E-state index >= 15 is 0 Å². The van der Waals surface area contributed by atoms with Gasteiger partial charge in [0.2, 0.25) is 16.9 Å². The first kappa shape index (κ1) is 16.3. The maximum Gasteiger partial charge on any atom is 0.294 e. The molecule has 0 fully saturated rings. The number of fused-ring (bicyclic) bond motifs is 1. The van der Waals surface area contributed by atoms with Crippen LogP contribution >= 0.6 is 11.3 Å². The molecular weight excluding hydrogens is 354 g/mol. The number of rotatable bonds is 3. The minimum atomic E-state index is -4.07. The number of nitrogens with zero attached hydrogens (tertiary/aromatic N) is 4. The first-order valence-electron chi connectivity index (χ1n) is 6.80. The van der Waals surface area contributed by atoms with Crippen molar-refractivity contribution in [2.75, 3.05) is 28.1 Å². The molecule has 0 unspecified atom stereocenters. The van der Waals surface area contributed by atoms with Crippen molar-refractivity contribution in [1.82, 2.24) is 10.2 Å². The molecule has 0 atom stereocenters. The van der Waals surface area contributed by atoms with Crippen molar-refractivity contribution in [3.8, 4) is 0 Å². The quantitative estimate of drug-likeness (QED) is 0.798. The fraction of sp³-hybridized carbons (Fsp3) is 0.231. The van der Waals surface area contributed by atoms with E-state index in [-0.39, 0.29) is 27.8 Å². The van der Waals surface area contributed by atoms with Crippen LogP contribution in [0.4, 0.5) is 16.5 Å². The Morgan fingerprint density at radius 3 is 2.58 bits per heavy atom. The van der Waals surface area contributed by atoms with Crippen LogP contribution in [-0.2, 0) is 19.6 Å². The average molecular weight is 367 g/mol. The lowest BCUT2D eigenvalue weighted by molar-refractivity contribution is -0.117. The number of benzene rings is 1. The summed E-state index contributed by atoms with van der Waals surface area (Å²) in [5.41, 5.74) is 0.875. The second-order valence-electron chi connectivity index (χ2n) is 5.01. The maximum atomic E-state index is 12.9. The van der Waals surface area contributed by atoms with E-state index in [1.165, 1.54) is 11.8 Å². The highest BCUT2D eigenvalue weighted by Gasteiger charge is 2.37. The number of nitrogens with one attached hydrogen (secondary N) is 1. The number of amides is 2. The Hall–Kier alpha value is -2.53. The molecule has 2 aromatic rings. The van der Waals surface area contributed by atoms with Crippen molar-refractivity contribution in [2.45, 2.75) is 11.3 Å². The Bertz CT molecular complexity index is 924. The van der Waals surface area contributed by atoms with Crippen LogP contribution in [0.15, 0.2) is 28.6 Å². The number of likely N-dealkylation sites (N-methyl/N-ethyl adjacent to an activating group) is 1. The fourth-order valence-electron chi connectivity index (χ4n) is 2.23. The molecule has 1 N–H and O–H groups in total. The lowest BCUT2D eigenvalue weighted by Gasteiger charge is -2.33. The SMILES string of the molecule is CC(=O)Nc1nnc(S(=O)(=O)N2CC(=O)N(C)c3ccccc32)s1. The number of aromatic nitrogens is 2. The number of hydrogen-bond acceptors (Lipinski definition) is 7. The van der Waals surface area contributed by atoms with E-state index in [2.05, 4.69) is 15.5 Å². The lowest BCUT2D eigenvalue weighted by Crippen LogP contribution is -2.46. The van der Waals surface area contributed by atoms with Crippen molar-refractivity contribution < 1.29 is 18.0 Å². The van der Waals surface area contributed by atoms with Crippen LogP contribution in [0.5, 0.6) is 0 Å². The first-order chi connectivity index (χ1) is 11.3. The summed E-state index contributed by atoms with van der Waals surface area (Å²) >= 11 is 0.730. The lowest BCUT2D eigenvalue weighted by atomic mass is 10.2. The zero-order valence-corrected chi connectivity index (χ0v) is 14.4. The number of anilines is 3. The summed E-state index contributed by atoms with van der Waals surface area (Å²) in [6, 6.07) is 6.69. The maximum absolute atomic E-state index is 12.9. The van der Waals surface area contributed by atoms with E-state index in [9.17, 15) is 18.0 Å². The van der Waals surface area contributed by atoms with Gasteiger partial charge in [-0.25, -0.2) is 0 Å². The molecule has 1 aliphatic heterocycles. The Morgan fingerprint density at radius 1 is 1.25 bits per heavy atom. The summed E-state index contributed by atoms with van der Waals surface area (Å²) in [4.78, 5) is 24.6. The van der Waals surface area contributed by atoms with Crippen LogP contribution in [0.2, 0.25) is 0 Å². The van der Waals surface area contributed by atoms with Gasteiger partial charge in [-0.05, 0) is 12.1 Å². The van der Waals surface area contributed by atoms with Gasteiger partial charge in [0.15, 0.2) is 0 Å². The molecule has 1 aromatic carbocycles. The van der Waals surface area contributed by atoms with Crippen molar-refractivity contribution in [3.05, 3.63) is 24.3 Å². The summed E-state index contributed by atoms with van der Waals surface area (Å²) in [6.45, 7) is 0.954. The summed E-state index contributed by atoms with van der Waals surface area (Å²) in [5.74, 6) is -0.737. The van der Waals surface area contributed by atoms with Gasteiger partial charge in [-0.3, -0.25) is 13.9 Å². The summed E-state index contributed by atoms with van der Waals surface area (Å²) in [6.07, 6.45) is 0. The van der Waals surface area contributed by atoms with Gasteiger partial charge in [0, 0.05) is 14.0 Å². The third kappa shape index (κ3) is 2.71. The van der Waals surface area contributed by atoms with Gasteiger partial charge >= 0.3 is 0 Å². The predicted molar refractivity (Wildman–Crippen MR) is 88.6 cm³/mol. The first-order valence-corrected chi connectivity index (χ1v) is 9.06. The average Bonchev–Trinajstić information content (AvgIpc) is 2.99. The molecule has 11 heteroatoms. The number of hydrogen-bond donors (Lipinski definition) is 1. The zero-order valence-electron chi connectivity index (χ0n) is 12.8. The summed E-state index contributed by atoms with van der Waals surface area (Å²) in [7, 11) is -2.48. The van der Waals surface area contributed by atoms with Crippen LogP contribution in [0, 0.1) is 0 Å². The van der Waals surface area contributed by atoms with Crippen LogP contribution < -0.4 is 14.5 Å². The van der Waals surface area contributed by atoms with E-state index in [4.69, 9.17) is 0 Å². The van der Waals surface area contributed by atoms with E-state index < -0.39 is 10.0 Å². The van der Waals surface area contributed by atoms with Crippen LogP contribution in [0.3, 0.4) is 0 Å². The highest BCUT2D eigenvalue weighted by atomic mass is 32.2. The Balaban J connectivity index is 2.04. The monoisotopic (exact) mass is 367 g/mol. The van der Waals surface area contributed by atoms with Crippen LogP contribution in [0.1, 0.15) is 6.92 Å². The minimum Gasteiger partial charge on any atom is -0.312 e. The van der Waals surface area contributed by atoms with Gasteiger partial charge in [-0.2, -0.15) is 8.42 Å². The summed E-state index contributed by atoms with van der Waals surface area (Å²) < 4.78 is 26.4. The number of sulfonamides is 1. The van der Waals surface area contributed by atoms with Crippen molar-refractivity contribution in [3.63, 3.8) is 0 Å². The molecule has 1 aromatic heterocycles. The molecule has 0 bridgehead atoms. The van der Waals surface area contributed by atoms with Gasteiger partial charge in [-0.15, -0.1) is 10.2 Å². The molecule has 0 spiro atoms. The number of carbonyl (C=O) groups excluding carboxylic acids is 2. The molecule has 0 saturated heterocycles. The molecule has 0 radical (unpaired) electrons. The van der Waals surface area contributed by atoms with Crippen molar-refractivity contribution >= 4 is 49.7 Å².